The van der Waals surface area contributed by atoms with Crippen LogP contribution in [-0.2, 0) is 0 Å². The minimum atomic E-state index is -1.14. The Morgan fingerprint density at radius 2 is 1.64 bits per heavy atom. The van der Waals surface area contributed by atoms with Crippen LogP contribution in [0.25, 0.3) is 0 Å². The summed E-state index contributed by atoms with van der Waals surface area (Å²) in [6.07, 6.45) is 0. The van der Waals surface area contributed by atoms with Crippen LogP contribution in [0.5, 0.6) is 0 Å². The summed E-state index contributed by atoms with van der Waals surface area (Å²) in [6.45, 7) is 10.3. The summed E-state index contributed by atoms with van der Waals surface area (Å²) in [5, 5.41) is 0. The topological polar surface area (TPSA) is 20.3 Å². The van der Waals surface area contributed by atoms with Crippen molar-refractivity contribution >= 4 is 14.3 Å². The predicted octanol–water partition coefficient (Wildman–Crippen LogP) is 1.91. The summed E-state index contributed by atoms with van der Waals surface area (Å²) in [7, 11) is 0.749. The van der Waals surface area contributed by atoms with Crippen molar-refractivity contribution in [2.45, 2.75) is 39.4 Å². The van der Waals surface area contributed by atoms with Crippen molar-refractivity contribution in [3.8, 4) is 0 Å². The molecule has 0 aliphatic carbocycles. The van der Waals surface area contributed by atoms with E-state index in [1.165, 1.54) is 0 Å². The summed E-state index contributed by atoms with van der Waals surface area (Å²) in [5.41, 5.74) is 0.325. The second-order valence-corrected chi connectivity index (χ2v) is 7.03. The Morgan fingerprint density at radius 1 is 1.27 bits per heavy atom. The Bertz CT molecular complexity index is 149. The third kappa shape index (κ3) is 3.06. The van der Waals surface area contributed by atoms with Gasteiger partial charge in [-0.15, -0.1) is 0 Å². The number of carbonyl (C=O) groups excluding carboxylic acids is 1. The van der Waals surface area contributed by atoms with Gasteiger partial charge in [0.2, 0.25) is 0 Å². The van der Waals surface area contributed by atoms with Gasteiger partial charge >= 0.3 is 0 Å². The van der Waals surface area contributed by atoms with Crippen molar-refractivity contribution in [1.82, 2.24) is 4.90 Å². The molecule has 0 radical (unpaired) electrons. The Kier molecular flexibility index (Phi) is 3.29. The van der Waals surface area contributed by atoms with Gasteiger partial charge in [0, 0.05) is 12.6 Å². The minimum absolute atomic E-state index is 0.0195. The number of carbonyl (C=O) groups is 1. The Labute approximate surface area is 71.2 Å². The SMILES string of the molecule is CN(C(=O)[SiH](C)C)C(C)(C)C. The van der Waals surface area contributed by atoms with Crippen molar-refractivity contribution < 1.29 is 4.79 Å². The van der Waals surface area contributed by atoms with E-state index in [9.17, 15) is 4.79 Å². The fourth-order valence-electron chi connectivity index (χ4n) is 0.718. The van der Waals surface area contributed by atoms with Crippen molar-refractivity contribution in [3.63, 3.8) is 0 Å². The number of rotatable bonds is 1. The van der Waals surface area contributed by atoms with Crippen molar-refractivity contribution in [3.05, 3.63) is 0 Å². The second kappa shape index (κ2) is 3.39. The molecule has 0 aliphatic heterocycles. The molecule has 0 aromatic carbocycles. The molecule has 0 aromatic heterocycles. The molecule has 66 valence electrons. The summed E-state index contributed by atoms with van der Waals surface area (Å²) in [6, 6.07) is 0. The summed E-state index contributed by atoms with van der Waals surface area (Å²) >= 11 is 0. The first kappa shape index (κ1) is 10.7. The number of hydrogen-bond acceptors (Lipinski definition) is 1. The van der Waals surface area contributed by atoms with E-state index in [1.807, 2.05) is 11.9 Å². The zero-order valence-corrected chi connectivity index (χ0v) is 9.59. The van der Waals surface area contributed by atoms with Gasteiger partial charge in [0.05, 0.1) is 0 Å². The minimum Gasteiger partial charge on any atom is -0.346 e. The summed E-state index contributed by atoms with van der Waals surface area (Å²) in [5.74, 6) is 0. The van der Waals surface area contributed by atoms with Crippen molar-refractivity contribution in [2.75, 3.05) is 7.05 Å². The molecular formula is C8H19NOSi. The fourth-order valence-corrected chi connectivity index (χ4v) is 1.88. The zero-order valence-electron chi connectivity index (χ0n) is 8.43. The molecule has 0 unspecified atom stereocenters. The summed E-state index contributed by atoms with van der Waals surface area (Å²) in [4.78, 5) is 13.3. The third-order valence-corrected chi connectivity index (χ3v) is 3.21. The normalized spacial score (nSPS) is 11.9. The van der Waals surface area contributed by atoms with Crippen molar-refractivity contribution in [2.24, 2.45) is 0 Å². The highest BCUT2D eigenvalue weighted by atomic mass is 28.3. The lowest BCUT2D eigenvalue weighted by Gasteiger charge is -2.33. The molecule has 0 fully saturated rings. The van der Waals surface area contributed by atoms with Gasteiger partial charge in [0.25, 0.3) is 0 Å². The largest absolute Gasteiger partial charge is 0.346 e. The van der Waals surface area contributed by atoms with Gasteiger partial charge in [-0.25, -0.2) is 0 Å². The van der Waals surface area contributed by atoms with E-state index in [0.29, 0.717) is 5.53 Å². The van der Waals surface area contributed by atoms with Crippen LogP contribution in [0.4, 0.5) is 4.79 Å². The second-order valence-electron chi connectivity index (χ2n) is 4.22. The first-order valence-electron chi connectivity index (χ1n) is 4.04. The zero-order chi connectivity index (χ0) is 9.23. The number of hydrogen-bond donors (Lipinski definition) is 0. The predicted molar refractivity (Wildman–Crippen MR) is 51.8 cm³/mol. The van der Waals surface area contributed by atoms with Gasteiger partial charge in [-0.1, -0.05) is 13.1 Å². The molecule has 0 aromatic rings. The van der Waals surface area contributed by atoms with E-state index in [1.54, 1.807) is 0 Å². The molecule has 0 saturated heterocycles. The molecule has 0 saturated carbocycles. The molecule has 11 heavy (non-hydrogen) atoms. The molecule has 0 spiro atoms. The number of amides is 1. The lowest BCUT2D eigenvalue weighted by Crippen LogP contribution is -2.46. The molecule has 1 amide bonds. The van der Waals surface area contributed by atoms with Crippen LogP contribution in [0.2, 0.25) is 13.1 Å². The van der Waals surface area contributed by atoms with Gasteiger partial charge in [0.1, 0.15) is 8.80 Å². The average molecular weight is 173 g/mol. The standard InChI is InChI=1S/C8H19NOSi/c1-8(2,3)9(4)7(10)11(5)6/h11H,1-6H3. The van der Waals surface area contributed by atoms with Gasteiger partial charge in [-0.05, 0) is 20.8 Å². The maximum Gasteiger partial charge on any atom is 0.190 e. The highest BCUT2D eigenvalue weighted by Gasteiger charge is 2.23. The monoisotopic (exact) mass is 173 g/mol. The highest BCUT2D eigenvalue weighted by molar-refractivity contribution is 6.87. The molecular weight excluding hydrogens is 154 g/mol. The van der Waals surface area contributed by atoms with Gasteiger partial charge < -0.3 is 4.90 Å². The molecule has 0 heterocycles. The van der Waals surface area contributed by atoms with Crippen LogP contribution in [0.3, 0.4) is 0 Å². The van der Waals surface area contributed by atoms with Crippen LogP contribution < -0.4 is 0 Å². The maximum absolute atomic E-state index is 11.5. The summed E-state index contributed by atoms with van der Waals surface area (Å²) < 4.78 is 0. The van der Waals surface area contributed by atoms with Crippen LogP contribution in [0.1, 0.15) is 20.8 Å². The molecule has 0 N–H and O–H groups in total. The van der Waals surface area contributed by atoms with Gasteiger partial charge in [-0.2, -0.15) is 0 Å². The smallest absolute Gasteiger partial charge is 0.190 e. The molecule has 0 aliphatic rings. The molecule has 0 rings (SSSR count). The van der Waals surface area contributed by atoms with E-state index in [4.69, 9.17) is 0 Å². The van der Waals surface area contributed by atoms with Crippen LogP contribution >= 0.6 is 0 Å². The first-order chi connectivity index (χ1) is 4.76. The van der Waals surface area contributed by atoms with E-state index in [0.717, 1.165) is 0 Å². The van der Waals surface area contributed by atoms with E-state index in [-0.39, 0.29) is 5.54 Å². The Balaban J connectivity index is 4.26. The van der Waals surface area contributed by atoms with E-state index in [2.05, 4.69) is 33.9 Å². The van der Waals surface area contributed by atoms with Crippen LogP contribution in [0.15, 0.2) is 0 Å². The molecule has 0 atom stereocenters. The van der Waals surface area contributed by atoms with Gasteiger partial charge in [0.15, 0.2) is 5.53 Å². The fraction of sp³-hybridized carbons (Fsp3) is 0.875. The molecule has 0 bridgehead atoms. The highest BCUT2D eigenvalue weighted by Crippen LogP contribution is 2.11. The Hall–Kier alpha value is -0.313. The lowest BCUT2D eigenvalue weighted by atomic mass is 10.1. The molecule has 2 nitrogen and oxygen atoms in total. The quantitative estimate of drug-likeness (QED) is 0.555. The van der Waals surface area contributed by atoms with Gasteiger partial charge in [-0.3, -0.25) is 4.79 Å². The van der Waals surface area contributed by atoms with E-state index < -0.39 is 8.80 Å². The van der Waals surface area contributed by atoms with E-state index >= 15 is 0 Å². The average Bonchev–Trinajstić information content (AvgIpc) is 1.82. The third-order valence-electron chi connectivity index (χ3n) is 1.83. The first-order valence-corrected chi connectivity index (χ1v) is 6.93. The van der Waals surface area contributed by atoms with Crippen LogP contribution in [0, 0.1) is 0 Å². The number of nitrogens with zero attached hydrogens (tertiary/aromatic N) is 1. The maximum atomic E-state index is 11.5. The van der Waals surface area contributed by atoms with Crippen LogP contribution in [-0.4, -0.2) is 31.8 Å². The van der Waals surface area contributed by atoms with Crippen molar-refractivity contribution in [1.29, 1.82) is 0 Å². The Morgan fingerprint density at radius 3 is 1.73 bits per heavy atom. The lowest BCUT2D eigenvalue weighted by molar-refractivity contribution is 0.187. The molecule has 3 heteroatoms.